The highest BCUT2D eigenvalue weighted by atomic mass is 16.5. The zero-order valence-electron chi connectivity index (χ0n) is 13.1. The Bertz CT molecular complexity index is 345. The van der Waals surface area contributed by atoms with Crippen LogP contribution >= 0.6 is 0 Å². The van der Waals surface area contributed by atoms with Gasteiger partial charge in [0.25, 0.3) is 0 Å². The molecule has 0 spiro atoms. The first-order valence-corrected chi connectivity index (χ1v) is 7.10. The molecule has 104 valence electrons. The zero-order chi connectivity index (χ0) is 13.9. The first-order chi connectivity index (χ1) is 8.27. The van der Waals surface area contributed by atoms with E-state index in [0.29, 0.717) is 11.8 Å². The first-order valence-electron chi connectivity index (χ1n) is 7.10. The first kappa shape index (κ1) is 15.3. The Kier molecular flexibility index (Phi) is 5.01. The maximum Gasteiger partial charge on any atom is 0.104 e. The van der Waals surface area contributed by atoms with Gasteiger partial charge in [0.05, 0.1) is 6.61 Å². The summed E-state index contributed by atoms with van der Waals surface area (Å²) in [6.45, 7) is 14.3. The summed E-state index contributed by atoms with van der Waals surface area (Å²) in [4.78, 5) is 4.53. The number of hydrogen-bond acceptors (Lipinski definition) is 2. The van der Waals surface area contributed by atoms with E-state index >= 15 is 0 Å². The lowest BCUT2D eigenvalue weighted by Gasteiger charge is -2.24. The van der Waals surface area contributed by atoms with Crippen molar-refractivity contribution >= 4 is 5.71 Å². The number of nitrogens with zero attached hydrogens (tertiary/aromatic N) is 1. The van der Waals surface area contributed by atoms with Gasteiger partial charge in [0, 0.05) is 36.1 Å². The van der Waals surface area contributed by atoms with Crippen LogP contribution in [0.5, 0.6) is 0 Å². The summed E-state index contributed by atoms with van der Waals surface area (Å²) in [6, 6.07) is 0. The Morgan fingerprint density at radius 3 is 2.33 bits per heavy atom. The average Bonchev–Trinajstić information content (AvgIpc) is 2.64. The smallest absolute Gasteiger partial charge is 0.104 e. The molecule has 1 heterocycles. The summed E-state index contributed by atoms with van der Waals surface area (Å²) in [5.41, 5.74) is 2.67. The molecule has 0 N–H and O–H groups in total. The molecule has 1 unspecified atom stereocenters. The third-order valence-corrected chi connectivity index (χ3v) is 3.40. The van der Waals surface area contributed by atoms with Crippen molar-refractivity contribution in [2.24, 2.45) is 22.2 Å². The van der Waals surface area contributed by atoms with Crippen molar-refractivity contribution in [3.8, 4) is 0 Å². The molecular formula is C16H29NO. The Balaban J connectivity index is 3.03. The standard InChI is InChI=1S/C16H29NO/c1-11(2)10-12(3)14-13(8-9-18-14)15(17-7)16(4,5)6/h11-12H,8-10H2,1-7H3. The van der Waals surface area contributed by atoms with Crippen LogP contribution in [0.1, 0.15) is 54.4 Å². The average molecular weight is 251 g/mol. The molecule has 1 atom stereocenters. The van der Waals surface area contributed by atoms with Crippen LogP contribution in [0.2, 0.25) is 0 Å². The van der Waals surface area contributed by atoms with Crippen LogP contribution in [-0.2, 0) is 4.74 Å². The highest BCUT2D eigenvalue weighted by molar-refractivity contribution is 6.04. The van der Waals surface area contributed by atoms with Crippen molar-refractivity contribution in [1.82, 2.24) is 0 Å². The fraction of sp³-hybridized carbons (Fsp3) is 0.812. The number of aliphatic imine (C=N–C) groups is 1. The normalized spacial score (nSPS) is 19.4. The predicted octanol–water partition coefficient (Wildman–Crippen LogP) is 4.46. The van der Waals surface area contributed by atoms with Crippen molar-refractivity contribution in [2.45, 2.75) is 54.4 Å². The van der Waals surface area contributed by atoms with E-state index in [4.69, 9.17) is 4.74 Å². The minimum atomic E-state index is 0.0978. The van der Waals surface area contributed by atoms with E-state index < -0.39 is 0 Å². The van der Waals surface area contributed by atoms with Crippen LogP contribution in [0, 0.1) is 17.3 Å². The van der Waals surface area contributed by atoms with E-state index in [0.717, 1.165) is 13.0 Å². The van der Waals surface area contributed by atoms with Crippen LogP contribution in [0.4, 0.5) is 0 Å². The second-order valence-electron chi connectivity index (χ2n) is 6.79. The predicted molar refractivity (Wildman–Crippen MR) is 79.0 cm³/mol. The molecule has 0 bridgehead atoms. The van der Waals surface area contributed by atoms with Crippen molar-refractivity contribution in [3.63, 3.8) is 0 Å². The number of ether oxygens (including phenoxy) is 1. The zero-order valence-corrected chi connectivity index (χ0v) is 13.1. The van der Waals surface area contributed by atoms with E-state index in [1.807, 2.05) is 7.05 Å². The van der Waals surface area contributed by atoms with Crippen LogP contribution in [0.15, 0.2) is 16.3 Å². The van der Waals surface area contributed by atoms with Gasteiger partial charge in [0.15, 0.2) is 0 Å². The van der Waals surface area contributed by atoms with Crippen LogP contribution in [0.25, 0.3) is 0 Å². The SMILES string of the molecule is CN=C(C1=C(C(C)CC(C)C)OCC1)C(C)(C)C. The van der Waals surface area contributed by atoms with E-state index in [-0.39, 0.29) is 5.41 Å². The van der Waals surface area contributed by atoms with Crippen molar-refractivity contribution in [1.29, 1.82) is 0 Å². The Morgan fingerprint density at radius 1 is 1.28 bits per heavy atom. The van der Waals surface area contributed by atoms with E-state index in [1.165, 1.54) is 23.5 Å². The fourth-order valence-electron chi connectivity index (χ4n) is 2.89. The second kappa shape index (κ2) is 5.90. The highest BCUT2D eigenvalue weighted by Crippen LogP contribution is 2.34. The molecule has 2 heteroatoms. The van der Waals surface area contributed by atoms with E-state index in [1.54, 1.807) is 0 Å². The van der Waals surface area contributed by atoms with Crippen LogP contribution in [-0.4, -0.2) is 19.4 Å². The van der Waals surface area contributed by atoms with Gasteiger partial charge in [0.2, 0.25) is 0 Å². The van der Waals surface area contributed by atoms with Crippen molar-refractivity contribution < 1.29 is 4.74 Å². The monoisotopic (exact) mass is 251 g/mol. The van der Waals surface area contributed by atoms with Crippen LogP contribution in [0.3, 0.4) is 0 Å². The molecule has 0 aliphatic carbocycles. The van der Waals surface area contributed by atoms with Crippen molar-refractivity contribution in [3.05, 3.63) is 11.3 Å². The van der Waals surface area contributed by atoms with Gasteiger partial charge in [0.1, 0.15) is 5.76 Å². The minimum absolute atomic E-state index is 0.0978. The highest BCUT2D eigenvalue weighted by Gasteiger charge is 2.30. The minimum Gasteiger partial charge on any atom is -0.497 e. The van der Waals surface area contributed by atoms with E-state index in [9.17, 15) is 0 Å². The molecule has 18 heavy (non-hydrogen) atoms. The molecular weight excluding hydrogens is 222 g/mol. The van der Waals surface area contributed by atoms with E-state index in [2.05, 4.69) is 46.5 Å². The molecule has 0 saturated heterocycles. The van der Waals surface area contributed by atoms with Gasteiger partial charge >= 0.3 is 0 Å². The van der Waals surface area contributed by atoms with Gasteiger partial charge in [-0.3, -0.25) is 4.99 Å². The lowest BCUT2D eigenvalue weighted by molar-refractivity contribution is 0.202. The second-order valence-corrected chi connectivity index (χ2v) is 6.79. The molecule has 2 nitrogen and oxygen atoms in total. The van der Waals surface area contributed by atoms with Gasteiger partial charge < -0.3 is 4.74 Å². The molecule has 0 aromatic rings. The summed E-state index contributed by atoms with van der Waals surface area (Å²) < 4.78 is 5.90. The largest absolute Gasteiger partial charge is 0.497 e. The molecule has 0 amide bonds. The third-order valence-electron chi connectivity index (χ3n) is 3.40. The van der Waals surface area contributed by atoms with Gasteiger partial charge in [-0.25, -0.2) is 0 Å². The molecule has 1 aliphatic heterocycles. The van der Waals surface area contributed by atoms with Gasteiger partial charge in [-0.2, -0.15) is 0 Å². The Hall–Kier alpha value is -0.790. The number of hydrogen-bond donors (Lipinski definition) is 0. The number of rotatable bonds is 4. The molecule has 0 fully saturated rings. The topological polar surface area (TPSA) is 21.6 Å². The molecule has 0 saturated carbocycles. The van der Waals surface area contributed by atoms with Gasteiger partial charge in [-0.15, -0.1) is 0 Å². The maximum absolute atomic E-state index is 5.90. The molecule has 0 aromatic carbocycles. The van der Waals surface area contributed by atoms with Crippen LogP contribution < -0.4 is 0 Å². The lowest BCUT2D eigenvalue weighted by Crippen LogP contribution is -2.23. The number of allylic oxidation sites excluding steroid dienone is 1. The Morgan fingerprint density at radius 2 is 1.89 bits per heavy atom. The molecule has 1 aliphatic rings. The van der Waals surface area contributed by atoms with Crippen molar-refractivity contribution in [2.75, 3.05) is 13.7 Å². The lowest BCUT2D eigenvalue weighted by atomic mass is 9.82. The summed E-state index contributed by atoms with van der Waals surface area (Å²) in [7, 11) is 1.90. The molecule has 0 radical (unpaired) electrons. The molecule has 1 rings (SSSR count). The fourth-order valence-corrected chi connectivity index (χ4v) is 2.89. The quantitative estimate of drug-likeness (QED) is 0.676. The van der Waals surface area contributed by atoms with Gasteiger partial charge in [-0.1, -0.05) is 41.5 Å². The van der Waals surface area contributed by atoms with Gasteiger partial charge in [-0.05, 0) is 12.3 Å². The summed E-state index contributed by atoms with van der Waals surface area (Å²) in [6.07, 6.45) is 2.20. The third kappa shape index (κ3) is 3.60. The summed E-state index contributed by atoms with van der Waals surface area (Å²) >= 11 is 0. The maximum atomic E-state index is 5.90. The molecule has 0 aromatic heterocycles. The summed E-state index contributed by atoms with van der Waals surface area (Å²) in [5, 5.41) is 0. The Labute approximate surface area is 113 Å². The summed E-state index contributed by atoms with van der Waals surface area (Å²) in [5.74, 6) is 2.40.